The van der Waals surface area contributed by atoms with Crippen molar-refractivity contribution in [2.45, 2.75) is 51.5 Å². The molecule has 1 aliphatic heterocycles. The van der Waals surface area contributed by atoms with Crippen molar-refractivity contribution < 1.29 is 14.5 Å². The summed E-state index contributed by atoms with van der Waals surface area (Å²) in [5.41, 5.74) is 2.78. The van der Waals surface area contributed by atoms with Crippen LogP contribution in [0.4, 0.5) is 5.69 Å². The highest BCUT2D eigenvalue weighted by Crippen LogP contribution is 2.24. The van der Waals surface area contributed by atoms with Crippen LogP contribution in [0.2, 0.25) is 0 Å². The molecule has 0 bridgehead atoms. The number of nitro groups is 1. The number of non-ortho nitro benzene ring substituents is 1. The molecule has 2 N–H and O–H groups in total. The first kappa shape index (κ1) is 21.0. The number of carbonyl (C=O) groups is 2. The van der Waals surface area contributed by atoms with Gasteiger partial charge in [-0.25, -0.2) is 0 Å². The summed E-state index contributed by atoms with van der Waals surface area (Å²) in [4.78, 5) is 37.6. The molecule has 0 unspecified atom stereocenters. The molecule has 2 aromatic rings. The summed E-state index contributed by atoms with van der Waals surface area (Å²) >= 11 is 0. The molecule has 0 saturated heterocycles. The van der Waals surface area contributed by atoms with E-state index in [4.69, 9.17) is 0 Å². The van der Waals surface area contributed by atoms with E-state index >= 15 is 0 Å². The molecule has 0 spiro atoms. The predicted octanol–water partition coefficient (Wildman–Crippen LogP) is 2.76. The standard InChI is InChI=1S/C22H27N5O4/c28-20(12-15-6-8-17(9-7-15)27(30)31)26-11-10-19-18(14-26)21(25-24-19)22(29)23-13-16-4-2-1-3-5-16/h6-9,16H,1-5,10-14H2,(H,23,29)(H,24,25). The maximum atomic E-state index is 12.8. The Hall–Kier alpha value is -3.23. The number of rotatable bonds is 6. The summed E-state index contributed by atoms with van der Waals surface area (Å²) in [6, 6.07) is 6.02. The fourth-order valence-electron chi connectivity index (χ4n) is 4.43. The van der Waals surface area contributed by atoms with Crippen molar-refractivity contribution >= 4 is 17.5 Å². The zero-order valence-corrected chi connectivity index (χ0v) is 17.4. The van der Waals surface area contributed by atoms with E-state index in [2.05, 4.69) is 15.5 Å². The fraction of sp³-hybridized carbons (Fsp3) is 0.500. The van der Waals surface area contributed by atoms with Crippen molar-refractivity contribution in [3.8, 4) is 0 Å². The minimum Gasteiger partial charge on any atom is -0.350 e. The highest BCUT2D eigenvalue weighted by molar-refractivity contribution is 5.94. The lowest BCUT2D eigenvalue weighted by molar-refractivity contribution is -0.384. The molecular formula is C22H27N5O4. The molecule has 2 heterocycles. The van der Waals surface area contributed by atoms with Crippen LogP contribution >= 0.6 is 0 Å². The van der Waals surface area contributed by atoms with E-state index in [-0.39, 0.29) is 23.9 Å². The number of nitrogens with zero attached hydrogens (tertiary/aromatic N) is 3. The van der Waals surface area contributed by atoms with Gasteiger partial charge in [0.25, 0.3) is 11.6 Å². The molecule has 2 aliphatic rings. The van der Waals surface area contributed by atoms with Crippen molar-refractivity contribution in [1.29, 1.82) is 0 Å². The average molecular weight is 425 g/mol. The Bertz CT molecular complexity index is 963. The number of aromatic nitrogens is 2. The van der Waals surface area contributed by atoms with Crippen LogP contribution in [0.3, 0.4) is 0 Å². The second kappa shape index (κ2) is 9.28. The van der Waals surface area contributed by atoms with Gasteiger partial charge in [0.2, 0.25) is 5.91 Å². The monoisotopic (exact) mass is 425 g/mol. The van der Waals surface area contributed by atoms with Gasteiger partial charge in [-0.2, -0.15) is 5.10 Å². The lowest BCUT2D eigenvalue weighted by atomic mass is 9.89. The number of aromatic amines is 1. The van der Waals surface area contributed by atoms with Crippen molar-refractivity contribution in [2.24, 2.45) is 5.92 Å². The van der Waals surface area contributed by atoms with Gasteiger partial charge in [-0.1, -0.05) is 31.4 Å². The van der Waals surface area contributed by atoms with Crippen LogP contribution in [0.1, 0.15) is 59.4 Å². The van der Waals surface area contributed by atoms with E-state index in [1.165, 1.54) is 31.4 Å². The first-order valence-corrected chi connectivity index (χ1v) is 10.9. The number of fused-ring (bicyclic) bond motifs is 1. The molecule has 4 rings (SSSR count). The Labute approximate surface area is 180 Å². The van der Waals surface area contributed by atoms with Crippen LogP contribution < -0.4 is 5.32 Å². The third kappa shape index (κ3) is 4.92. The highest BCUT2D eigenvalue weighted by Gasteiger charge is 2.28. The van der Waals surface area contributed by atoms with Crippen molar-refractivity contribution in [2.75, 3.05) is 13.1 Å². The van der Waals surface area contributed by atoms with Gasteiger partial charge in [-0.3, -0.25) is 24.8 Å². The number of nitrogens with one attached hydrogen (secondary N) is 2. The third-order valence-electron chi connectivity index (χ3n) is 6.28. The molecule has 1 aromatic heterocycles. The second-order valence-electron chi connectivity index (χ2n) is 8.41. The molecule has 0 atom stereocenters. The lowest BCUT2D eigenvalue weighted by Gasteiger charge is -2.27. The maximum absolute atomic E-state index is 12.8. The van der Waals surface area contributed by atoms with E-state index < -0.39 is 4.92 Å². The number of carbonyl (C=O) groups excluding carboxylic acids is 2. The van der Waals surface area contributed by atoms with Gasteiger partial charge in [-0.15, -0.1) is 0 Å². The van der Waals surface area contributed by atoms with Gasteiger partial charge in [0.15, 0.2) is 5.69 Å². The van der Waals surface area contributed by atoms with Crippen LogP contribution in [0, 0.1) is 16.0 Å². The number of nitro benzene ring substituents is 1. The molecule has 1 aliphatic carbocycles. The summed E-state index contributed by atoms with van der Waals surface area (Å²) in [6.07, 6.45) is 6.82. The zero-order chi connectivity index (χ0) is 21.8. The summed E-state index contributed by atoms with van der Waals surface area (Å²) in [5.74, 6) is 0.272. The van der Waals surface area contributed by atoms with E-state index in [1.54, 1.807) is 17.0 Å². The number of hydrogen-bond acceptors (Lipinski definition) is 5. The number of H-pyrrole nitrogens is 1. The molecular weight excluding hydrogens is 398 g/mol. The number of benzene rings is 1. The van der Waals surface area contributed by atoms with Crippen molar-refractivity contribution in [1.82, 2.24) is 20.4 Å². The Morgan fingerprint density at radius 3 is 2.65 bits per heavy atom. The Balaban J connectivity index is 1.37. The highest BCUT2D eigenvalue weighted by atomic mass is 16.6. The fourth-order valence-corrected chi connectivity index (χ4v) is 4.43. The number of hydrogen-bond donors (Lipinski definition) is 2. The largest absolute Gasteiger partial charge is 0.350 e. The first-order chi connectivity index (χ1) is 15.0. The summed E-state index contributed by atoms with van der Waals surface area (Å²) in [7, 11) is 0. The average Bonchev–Trinajstić information content (AvgIpc) is 3.22. The van der Waals surface area contributed by atoms with Crippen LogP contribution in [0.15, 0.2) is 24.3 Å². The topological polar surface area (TPSA) is 121 Å². The normalized spacial score (nSPS) is 16.6. The number of amides is 2. The van der Waals surface area contributed by atoms with E-state index in [1.807, 2.05) is 0 Å². The molecule has 31 heavy (non-hydrogen) atoms. The van der Waals surface area contributed by atoms with Crippen LogP contribution in [-0.2, 0) is 24.2 Å². The minimum atomic E-state index is -0.461. The van der Waals surface area contributed by atoms with Gasteiger partial charge in [-0.05, 0) is 24.3 Å². The van der Waals surface area contributed by atoms with Crippen LogP contribution in [0.25, 0.3) is 0 Å². The minimum absolute atomic E-state index is 0.00101. The van der Waals surface area contributed by atoms with Gasteiger partial charge in [0.1, 0.15) is 0 Å². The van der Waals surface area contributed by atoms with E-state index in [0.29, 0.717) is 37.7 Å². The van der Waals surface area contributed by atoms with E-state index in [0.717, 1.165) is 29.7 Å². The molecule has 1 aromatic carbocycles. The summed E-state index contributed by atoms with van der Waals surface area (Å²) < 4.78 is 0. The van der Waals surface area contributed by atoms with Crippen LogP contribution in [-0.4, -0.2) is 44.9 Å². The summed E-state index contributed by atoms with van der Waals surface area (Å²) in [5, 5.41) is 21.0. The van der Waals surface area contributed by atoms with Gasteiger partial charge in [0, 0.05) is 49.4 Å². The molecule has 0 radical (unpaired) electrons. The Kier molecular flexibility index (Phi) is 6.29. The Morgan fingerprint density at radius 1 is 1.19 bits per heavy atom. The van der Waals surface area contributed by atoms with E-state index in [9.17, 15) is 19.7 Å². The van der Waals surface area contributed by atoms with Crippen LogP contribution in [0.5, 0.6) is 0 Å². The van der Waals surface area contributed by atoms with Crippen molar-refractivity contribution in [3.63, 3.8) is 0 Å². The summed E-state index contributed by atoms with van der Waals surface area (Å²) in [6.45, 7) is 1.55. The predicted molar refractivity (Wildman–Crippen MR) is 113 cm³/mol. The quantitative estimate of drug-likeness (QED) is 0.544. The molecule has 1 fully saturated rings. The molecule has 9 nitrogen and oxygen atoms in total. The lowest BCUT2D eigenvalue weighted by Crippen LogP contribution is -2.38. The smallest absolute Gasteiger partial charge is 0.272 e. The second-order valence-corrected chi connectivity index (χ2v) is 8.41. The molecule has 164 valence electrons. The molecule has 9 heteroatoms. The molecule has 2 amide bonds. The van der Waals surface area contributed by atoms with Gasteiger partial charge in [0.05, 0.1) is 11.3 Å². The van der Waals surface area contributed by atoms with Crippen molar-refractivity contribution in [3.05, 3.63) is 56.9 Å². The SMILES string of the molecule is O=C(NCC1CCCCC1)c1n[nH]c2c1CN(C(=O)Cc1ccc([N+](=O)[O-])cc1)CC2. The maximum Gasteiger partial charge on any atom is 0.272 e. The molecule has 1 saturated carbocycles. The first-order valence-electron chi connectivity index (χ1n) is 10.9. The van der Waals surface area contributed by atoms with Gasteiger partial charge >= 0.3 is 0 Å². The third-order valence-corrected chi connectivity index (χ3v) is 6.28. The van der Waals surface area contributed by atoms with Gasteiger partial charge < -0.3 is 10.2 Å². The Morgan fingerprint density at radius 2 is 1.94 bits per heavy atom. The zero-order valence-electron chi connectivity index (χ0n) is 17.4.